The van der Waals surface area contributed by atoms with Crippen LogP contribution in [0.2, 0.25) is 5.02 Å². The van der Waals surface area contributed by atoms with Gasteiger partial charge in [0.15, 0.2) is 0 Å². The normalized spacial score (nSPS) is 11.8. The van der Waals surface area contributed by atoms with E-state index in [0.717, 1.165) is 5.70 Å². The highest BCUT2D eigenvalue weighted by Crippen LogP contribution is 2.17. The smallest absolute Gasteiger partial charge is 0.287 e. The van der Waals surface area contributed by atoms with Crippen LogP contribution >= 0.6 is 11.6 Å². The number of nitrogens with zero attached hydrogens (tertiary/aromatic N) is 2. The lowest BCUT2D eigenvalue weighted by molar-refractivity contribution is 0.709. The standard InChI is InChI=1S/C12H14ClN3O/c1-4-6-7-9(5-2)15-10-8-14-16(3)12(17)11(10)13/h4-8,15H,1H2,2-3H3/b7-6-,9-5+. The van der Waals surface area contributed by atoms with E-state index < -0.39 is 0 Å². The van der Waals surface area contributed by atoms with Crippen LogP contribution in [0, 0.1) is 0 Å². The van der Waals surface area contributed by atoms with Crippen LogP contribution in [0.15, 0.2) is 47.6 Å². The maximum absolute atomic E-state index is 11.5. The van der Waals surface area contributed by atoms with E-state index in [2.05, 4.69) is 17.0 Å². The van der Waals surface area contributed by atoms with Crippen molar-refractivity contribution < 1.29 is 0 Å². The third-order valence-electron chi connectivity index (χ3n) is 2.08. The lowest BCUT2D eigenvalue weighted by Crippen LogP contribution is -2.20. The maximum Gasteiger partial charge on any atom is 0.287 e. The van der Waals surface area contributed by atoms with E-state index in [1.54, 1.807) is 19.2 Å². The van der Waals surface area contributed by atoms with Gasteiger partial charge in [0.05, 0.1) is 11.9 Å². The van der Waals surface area contributed by atoms with Gasteiger partial charge >= 0.3 is 0 Å². The quantitative estimate of drug-likeness (QED) is 0.837. The molecule has 0 aliphatic rings. The number of aryl methyl sites for hydroxylation is 1. The van der Waals surface area contributed by atoms with Crippen LogP contribution in [-0.2, 0) is 7.05 Å². The minimum Gasteiger partial charge on any atom is -0.353 e. The van der Waals surface area contributed by atoms with E-state index in [1.807, 2.05) is 19.1 Å². The molecular weight excluding hydrogens is 238 g/mol. The van der Waals surface area contributed by atoms with Crippen molar-refractivity contribution in [1.29, 1.82) is 0 Å². The van der Waals surface area contributed by atoms with Crippen molar-refractivity contribution in [1.82, 2.24) is 9.78 Å². The van der Waals surface area contributed by atoms with Crippen molar-refractivity contribution in [3.05, 3.63) is 58.2 Å². The zero-order valence-corrected chi connectivity index (χ0v) is 10.5. The Morgan fingerprint density at radius 2 is 2.35 bits per heavy atom. The summed E-state index contributed by atoms with van der Waals surface area (Å²) in [7, 11) is 1.55. The number of rotatable bonds is 4. The minimum absolute atomic E-state index is 0.119. The summed E-state index contributed by atoms with van der Waals surface area (Å²) in [6.45, 7) is 5.46. The van der Waals surface area contributed by atoms with Gasteiger partial charge in [0, 0.05) is 12.7 Å². The summed E-state index contributed by atoms with van der Waals surface area (Å²) in [5.41, 5.74) is 0.957. The second-order valence-corrected chi connectivity index (χ2v) is 3.64. The number of hydrogen-bond donors (Lipinski definition) is 1. The Morgan fingerprint density at radius 1 is 1.65 bits per heavy atom. The molecule has 0 atom stereocenters. The van der Waals surface area contributed by atoms with E-state index in [4.69, 9.17) is 11.6 Å². The molecule has 0 aromatic carbocycles. The first-order valence-corrected chi connectivity index (χ1v) is 5.42. The fourth-order valence-electron chi connectivity index (χ4n) is 1.14. The van der Waals surface area contributed by atoms with Crippen LogP contribution in [0.3, 0.4) is 0 Å². The molecular formula is C12H14ClN3O. The van der Waals surface area contributed by atoms with Gasteiger partial charge < -0.3 is 5.32 Å². The van der Waals surface area contributed by atoms with Crippen LogP contribution < -0.4 is 10.9 Å². The molecule has 17 heavy (non-hydrogen) atoms. The lowest BCUT2D eigenvalue weighted by atomic mass is 10.3. The predicted molar refractivity (Wildman–Crippen MR) is 71.2 cm³/mol. The molecule has 0 unspecified atom stereocenters. The van der Waals surface area contributed by atoms with Gasteiger partial charge in [-0.15, -0.1) is 0 Å². The van der Waals surface area contributed by atoms with E-state index in [0.29, 0.717) is 5.69 Å². The third kappa shape index (κ3) is 3.32. The Hall–Kier alpha value is -1.81. The van der Waals surface area contributed by atoms with Crippen molar-refractivity contribution in [3.63, 3.8) is 0 Å². The number of anilines is 1. The van der Waals surface area contributed by atoms with Crippen LogP contribution in [0.1, 0.15) is 6.92 Å². The monoisotopic (exact) mass is 251 g/mol. The molecule has 0 aliphatic carbocycles. The molecule has 1 aromatic rings. The van der Waals surface area contributed by atoms with Crippen molar-refractivity contribution in [3.8, 4) is 0 Å². The average Bonchev–Trinajstić information content (AvgIpc) is 2.34. The van der Waals surface area contributed by atoms with Crippen LogP contribution in [0.25, 0.3) is 0 Å². The number of allylic oxidation sites excluding steroid dienone is 4. The molecule has 0 radical (unpaired) electrons. The first-order chi connectivity index (χ1) is 8.10. The second-order valence-electron chi connectivity index (χ2n) is 3.26. The molecule has 90 valence electrons. The van der Waals surface area contributed by atoms with E-state index in [-0.39, 0.29) is 10.6 Å². The Kier molecular flexibility index (Phi) is 4.72. The Labute approximate surface area is 105 Å². The second kappa shape index (κ2) is 6.06. The van der Waals surface area contributed by atoms with E-state index >= 15 is 0 Å². The summed E-state index contributed by atoms with van der Waals surface area (Å²) in [4.78, 5) is 11.5. The van der Waals surface area contributed by atoms with E-state index in [9.17, 15) is 4.79 Å². The molecule has 1 aromatic heterocycles. The van der Waals surface area contributed by atoms with Gasteiger partial charge in [-0.3, -0.25) is 4.79 Å². The number of halogens is 1. The van der Waals surface area contributed by atoms with Crippen molar-refractivity contribution in [2.24, 2.45) is 7.05 Å². The Bertz CT molecular complexity index is 529. The fourth-order valence-corrected chi connectivity index (χ4v) is 1.35. The van der Waals surface area contributed by atoms with Crippen LogP contribution in [0.5, 0.6) is 0 Å². The fraction of sp³-hybridized carbons (Fsp3) is 0.167. The molecule has 0 bridgehead atoms. The summed E-state index contributed by atoms with van der Waals surface area (Å²) in [6, 6.07) is 0. The first kappa shape index (κ1) is 13.3. The summed E-state index contributed by atoms with van der Waals surface area (Å²) < 4.78 is 1.18. The van der Waals surface area contributed by atoms with Gasteiger partial charge in [-0.2, -0.15) is 5.10 Å². The topological polar surface area (TPSA) is 46.9 Å². The van der Waals surface area contributed by atoms with Gasteiger partial charge in [0.25, 0.3) is 5.56 Å². The zero-order chi connectivity index (χ0) is 12.8. The number of hydrogen-bond acceptors (Lipinski definition) is 3. The van der Waals surface area contributed by atoms with Gasteiger partial charge in [0.2, 0.25) is 0 Å². The number of aromatic nitrogens is 2. The Morgan fingerprint density at radius 3 is 2.94 bits per heavy atom. The summed E-state index contributed by atoms with van der Waals surface area (Å²) >= 11 is 5.93. The molecule has 5 heteroatoms. The summed E-state index contributed by atoms with van der Waals surface area (Å²) in [6.07, 6.45) is 8.63. The van der Waals surface area contributed by atoms with Gasteiger partial charge in [0.1, 0.15) is 5.02 Å². The van der Waals surface area contributed by atoms with Gasteiger partial charge in [-0.1, -0.05) is 36.4 Å². The van der Waals surface area contributed by atoms with Crippen molar-refractivity contribution >= 4 is 17.3 Å². The average molecular weight is 252 g/mol. The zero-order valence-electron chi connectivity index (χ0n) is 9.77. The first-order valence-electron chi connectivity index (χ1n) is 5.04. The molecule has 1 rings (SSSR count). The minimum atomic E-state index is -0.333. The highest BCUT2D eigenvalue weighted by atomic mass is 35.5. The Balaban J connectivity index is 3.03. The number of nitrogens with one attached hydrogen (secondary N) is 1. The lowest BCUT2D eigenvalue weighted by Gasteiger charge is -2.08. The molecule has 0 spiro atoms. The third-order valence-corrected chi connectivity index (χ3v) is 2.45. The molecule has 4 nitrogen and oxygen atoms in total. The maximum atomic E-state index is 11.5. The molecule has 0 fully saturated rings. The largest absolute Gasteiger partial charge is 0.353 e. The molecule has 0 saturated heterocycles. The van der Waals surface area contributed by atoms with Gasteiger partial charge in [-0.05, 0) is 13.0 Å². The molecule has 1 heterocycles. The SMILES string of the molecule is C=C/C=C\C(=C/C)Nc1cnn(C)c(=O)c1Cl. The molecule has 1 N–H and O–H groups in total. The molecule has 0 aliphatic heterocycles. The highest BCUT2D eigenvalue weighted by Gasteiger charge is 2.07. The highest BCUT2D eigenvalue weighted by molar-refractivity contribution is 6.33. The van der Waals surface area contributed by atoms with Crippen LogP contribution in [0.4, 0.5) is 5.69 Å². The molecule has 0 saturated carbocycles. The van der Waals surface area contributed by atoms with Gasteiger partial charge in [-0.25, -0.2) is 4.68 Å². The summed E-state index contributed by atoms with van der Waals surface area (Å²) in [5, 5.41) is 7.03. The van der Waals surface area contributed by atoms with Crippen molar-refractivity contribution in [2.75, 3.05) is 5.32 Å². The van der Waals surface area contributed by atoms with Crippen LogP contribution in [-0.4, -0.2) is 9.78 Å². The predicted octanol–water partition coefficient (Wildman–Crippen LogP) is 2.49. The summed E-state index contributed by atoms with van der Waals surface area (Å²) in [5.74, 6) is 0. The van der Waals surface area contributed by atoms with Crippen molar-refractivity contribution in [2.45, 2.75) is 6.92 Å². The van der Waals surface area contributed by atoms with E-state index in [1.165, 1.54) is 10.9 Å². The molecule has 0 amide bonds.